The van der Waals surface area contributed by atoms with Crippen molar-refractivity contribution in [2.75, 3.05) is 20.7 Å². The fourth-order valence-electron chi connectivity index (χ4n) is 2.57. The number of rotatable bonds is 7. The number of nitrogens with zero attached hydrogens (tertiary/aromatic N) is 1. The molecule has 1 N–H and O–H groups in total. The summed E-state index contributed by atoms with van der Waals surface area (Å²) in [5.41, 5.74) is 1.61. The highest BCUT2D eigenvalue weighted by molar-refractivity contribution is 6.22. The van der Waals surface area contributed by atoms with Gasteiger partial charge in [0.1, 0.15) is 0 Å². The first-order valence-electron chi connectivity index (χ1n) is 8.98. The minimum atomic E-state index is -0.909. The summed E-state index contributed by atoms with van der Waals surface area (Å²) < 4.78 is 10.8. The number of amides is 1. The summed E-state index contributed by atoms with van der Waals surface area (Å²) in [6.45, 7) is 3.76. The Morgan fingerprint density at radius 3 is 2.43 bits per heavy atom. The van der Waals surface area contributed by atoms with Crippen molar-refractivity contribution in [1.82, 2.24) is 4.90 Å². The van der Waals surface area contributed by atoms with Gasteiger partial charge in [-0.3, -0.25) is 4.79 Å². The molecule has 2 aromatic rings. The summed E-state index contributed by atoms with van der Waals surface area (Å²) in [5, 5.41) is 9.88. The summed E-state index contributed by atoms with van der Waals surface area (Å²) in [4.78, 5) is 26.2. The zero-order valence-electron chi connectivity index (χ0n) is 16.5. The lowest BCUT2D eigenvalue weighted by Crippen LogP contribution is -2.35. The summed E-state index contributed by atoms with van der Waals surface area (Å²) >= 11 is 0. The lowest BCUT2D eigenvalue weighted by molar-refractivity contribution is -0.153. The molecule has 0 aromatic heterocycles. The summed E-state index contributed by atoms with van der Waals surface area (Å²) in [6.07, 6.45) is 0.736. The van der Waals surface area contributed by atoms with E-state index in [-0.39, 0.29) is 11.7 Å². The zero-order valence-corrected chi connectivity index (χ0v) is 16.5. The molecule has 2 aromatic carbocycles. The molecule has 0 saturated carbocycles. The Hall–Kier alpha value is -3.28. The first-order valence-corrected chi connectivity index (χ1v) is 8.98. The zero-order chi connectivity index (χ0) is 20.7. The van der Waals surface area contributed by atoms with E-state index in [1.54, 1.807) is 44.4 Å². The minimum absolute atomic E-state index is 0.0213. The summed E-state index contributed by atoms with van der Waals surface area (Å²) in [6, 6.07) is 13.9. The molecule has 1 atom stereocenters. The average molecular weight is 383 g/mol. The molecule has 6 nitrogen and oxygen atoms in total. The molecule has 0 saturated heterocycles. The number of phenolic OH excluding ortho intramolecular Hbond substituents is 1. The van der Waals surface area contributed by atoms with Crippen molar-refractivity contribution in [3.8, 4) is 11.5 Å². The molecule has 28 heavy (non-hydrogen) atoms. The minimum Gasteiger partial charge on any atom is -0.504 e. The lowest BCUT2D eigenvalue weighted by atomic mass is 10.0. The van der Waals surface area contributed by atoms with E-state index in [2.05, 4.69) is 0 Å². The molecule has 0 spiro atoms. The molecule has 2 rings (SSSR count). The standard InChI is InChI=1S/C22H25NO5/c1-5-27-20-14-16(11-12-19(20)24)13-18(17-9-7-6-8-10-17)22(26)28-15(2)21(25)23(3)4/h6-15,24H,5H2,1-4H3/b18-13+/t15-/m0/s1. The SMILES string of the molecule is CCOc1cc(/C=C(/C(=O)O[C@@H](C)C(=O)N(C)C)c2ccccc2)ccc1O. The van der Waals surface area contributed by atoms with Crippen molar-refractivity contribution in [1.29, 1.82) is 0 Å². The largest absolute Gasteiger partial charge is 0.504 e. The van der Waals surface area contributed by atoms with Crippen molar-refractivity contribution < 1.29 is 24.2 Å². The Balaban J connectivity index is 2.40. The second-order valence-corrected chi connectivity index (χ2v) is 6.36. The molecule has 0 aliphatic heterocycles. The topological polar surface area (TPSA) is 76.1 Å². The molecule has 0 aliphatic rings. The van der Waals surface area contributed by atoms with Crippen molar-refractivity contribution in [2.45, 2.75) is 20.0 Å². The normalized spacial score (nSPS) is 12.2. The number of ether oxygens (including phenoxy) is 2. The Kier molecular flexibility index (Phi) is 7.21. The first-order chi connectivity index (χ1) is 13.3. The monoisotopic (exact) mass is 383 g/mol. The fraction of sp³-hybridized carbons (Fsp3) is 0.273. The third-order valence-electron chi connectivity index (χ3n) is 3.97. The molecule has 0 aliphatic carbocycles. The van der Waals surface area contributed by atoms with E-state index < -0.39 is 12.1 Å². The van der Waals surface area contributed by atoms with E-state index >= 15 is 0 Å². The Labute approximate surface area is 165 Å². The van der Waals surface area contributed by atoms with Crippen LogP contribution in [-0.4, -0.2) is 48.7 Å². The van der Waals surface area contributed by atoms with Gasteiger partial charge >= 0.3 is 5.97 Å². The van der Waals surface area contributed by atoms with Gasteiger partial charge in [0, 0.05) is 14.1 Å². The maximum atomic E-state index is 12.8. The third kappa shape index (κ3) is 5.36. The smallest absolute Gasteiger partial charge is 0.339 e. The van der Waals surface area contributed by atoms with Crippen LogP contribution in [-0.2, 0) is 14.3 Å². The van der Waals surface area contributed by atoms with Crippen LogP contribution in [0.3, 0.4) is 0 Å². The first kappa shape index (κ1) is 21.0. The molecular weight excluding hydrogens is 358 g/mol. The molecule has 0 bridgehead atoms. The fourth-order valence-corrected chi connectivity index (χ4v) is 2.57. The number of phenols is 1. The Bertz CT molecular complexity index is 858. The van der Waals surface area contributed by atoms with E-state index in [1.165, 1.54) is 17.9 Å². The number of aromatic hydroxyl groups is 1. The molecule has 0 radical (unpaired) electrons. The van der Waals surface area contributed by atoms with Crippen LogP contribution in [0.2, 0.25) is 0 Å². The van der Waals surface area contributed by atoms with Gasteiger partial charge in [-0.1, -0.05) is 36.4 Å². The predicted octanol–water partition coefficient (Wildman–Crippen LogP) is 3.35. The van der Waals surface area contributed by atoms with Gasteiger partial charge in [-0.05, 0) is 43.2 Å². The Morgan fingerprint density at radius 1 is 1.14 bits per heavy atom. The highest BCUT2D eigenvalue weighted by Crippen LogP contribution is 2.29. The number of likely N-dealkylation sites (N-methyl/N-ethyl adjacent to an activating group) is 1. The number of benzene rings is 2. The predicted molar refractivity (Wildman–Crippen MR) is 108 cm³/mol. The summed E-state index contributed by atoms with van der Waals surface area (Å²) in [7, 11) is 3.21. The molecule has 0 fully saturated rings. The number of carbonyl (C=O) groups is 2. The molecule has 0 heterocycles. The van der Waals surface area contributed by atoms with Crippen LogP contribution in [0, 0.1) is 0 Å². The van der Waals surface area contributed by atoms with E-state index in [4.69, 9.17) is 9.47 Å². The highest BCUT2D eigenvalue weighted by Gasteiger charge is 2.22. The van der Waals surface area contributed by atoms with E-state index in [1.807, 2.05) is 25.1 Å². The van der Waals surface area contributed by atoms with Crippen molar-refractivity contribution in [3.05, 3.63) is 59.7 Å². The van der Waals surface area contributed by atoms with Gasteiger partial charge in [-0.25, -0.2) is 4.79 Å². The van der Waals surface area contributed by atoms with Crippen molar-refractivity contribution in [3.63, 3.8) is 0 Å². The van der Waals surface area contributed by atoms with Crippen LogP contribution in [0.4, 0.5) is 0 Å². The number of hydrogen-bond acceptors (Lipinski definition) is 5. The second-order valence-electron chi connectivity index (χ2n) is 6.36. The molecule has 1 amide bonds. The van der Waals surface area contributed by atoms with Crippen molar-refractivity contribution >= 4 is 23.5 Å². The van der Waals surface area contributed by atoms with E-state index in [0.29, 0.717) is 29.1 Å². The van der Waals surface area contributed by atoms with Crippen LogP contribution in [0.25, 0.3) is 11.6 Å². The van der Waals surface area contributed by atoms with Crippen molar-refractivity contribution in [2.24, 2.45) is 0 Å². The van der Waals surface area contributed by atoms with E-state index in [9.17, 15) is 14.7 Å². The molecular formula is C22H25NO5. The number of esters is 1. The maximum absolute atomic E-state index is 12.8. The Morgan fingerprint density at radius 2 is 1.82 bits per heavy atom. The summed E-state index contributed by atoms with van der Waals surface area (Å²) in [5.74, 6) is -0.565. The van der Waals surface area contributed by atoms with Crippen LogP contribution in [0.1, 0.15) is 25.0 Å². The maximum Gasteiger partial charge on any atom is 0.339 e. The highest BCUT2D eigenvalue weighted by atomic mass is 16.5. The van der Waals surface area contributed by atoms with Gasteiger partial charge in [0.2, 0.25) is 0 Å². The van der Waals surface area contributed by atoms with Gasteiger partial charge in [-0.2, -0.15) is 0 Å². The van der Waals surface area contributed by atoms with Crippen LogP contribution in [0.5, 0.6) is 11.5 Å². The van der Waals surface area contributed by atoms with Gasteiger partial charge in [0.05, 0.1) is 12.2 Å². The van der Waals surface area contributed by atoms with Crippen LogP contribution in [0.15, 0.2) is 48.5 Å². The third-order valence-corrected chi connectivity index (χ3v) is 3.97. The molecule has 6 heteroatoms. The van der Waals surface area contributed by atoms with Gasteiger partial charge in [0.25, 0.3) is 5.91 Å². The average Bonchev–Trinajstić information content (AvgIpc) is 2.68. The number of carbonyl (C=O) groups excluding carboxylic acids is 2. The molecule has 148 valence electrons. The van der Waals surface area contributed by atoms with Crippen LogP contribution < -0.4 is 4.74 Å². The quantitative estimate of drug-likeness (QED) is 0.451. The van der Waals surface area contributed by atoms with E-state index in [0.717, 1.165) is 0 Å². The van der Waals surface area contributed by atoms with Gasteiger partial charge in [-0.15, -0.1) is 0 Å². The number of hydrogen-bond donors (Lipinski definition) is 1. The second kappa shape index (κ2) is 9.60. The van der Waals surface area contributed by atoms with Gasteiger partial charge < -0.3 is 19.5 Å². The van der Waals surface area contributed by atoms with Gasteiger partial charge in [0.15, 0.2) is 17.6 Å². The van der Waals surface area contributed by atoms with Crippen LogP contribution >= 0.6 is 0 Å². The lowest BCUT2D eigenvalue weighted by Gasteiger charge is -2.18. The molecule has 0 unspecified atom stereocenters.